The van der Waals surface area contributed by atoms with Crippen molar-refractivity contribution in [3.05, 3.63) is 52.8 Å². The molecule has 0 radical (unpaired) electrons. The van der Waals surface area contributed by atoms with E-state index in [1.807, 2.05) is 14.0 Å². The summed E-state index contributed by atoms with van der Waals surface area (Å²) in [6.07, 6.45) is -2.75. The van der Waals surface area contributed by atoms with Crippen LogP contribution in [-0.2, 0) is 6.18 Å². The molecular formula is C22H25F3N6O. The third kappa shape index (κ3) is 4.46. The lowest BCUT2D eigenvalue weighted by Gasteiger charge is -2.21. The minimum atomic E-state index is -4.46. The van der Waals surface area contributed by atoms with E-state index in [2.05, 4.69) is 25.4 Å². The second-order valence-electron chi connectivity index (χ2n) is 8.13. The quantitative estimate of drug-likeness (QED) is 0.576. The molecule has 1 saturated heterocycles. The van der Waals surface area contributed by atoms with Crippen LogP contribution in [0.15, 0.2) is 30.5 Å². The van der Waals surface area contributed by atoms with E-state index in [4.69, 9.17) is 10.5 Å². The van der Waals surface area contributed by atoms with Gasteiger partial charge in [0.25, 0.3) is 0 Å². The molecule has 2 aromatic heterocycles. The van der Waals surface area contributed by atoms with Gasteiger partial charge in [-0.3, -0.25) is 0 Å². The number of nitrogens with zero attached hydrogens (tertiary/aromatic N) is 4. The molecule has 170 valence electrons. The first kappa shape index (κ1) is 22.2. The summed E-state index contributed by atoms with van der Waals surface area (Å²) in [6.45, 7) is 5.00. The van der Waals surface area contributed by atoms with Gasteiger partial charge in [-0.05, 0) is 44.5 Å². The van der Waals surface area contributed by atoms with Crippen molar-refractivity contribution in [2.45, 2.75) is 38.7 Å². The number of halogens is 3. The van der Waals surface area contributed by atoms with E-state index in [-0.39, 0.29) is 11.7 Å². The number of anilines is 1. The predicted octanol–water partition coefficient (Wildman–Crippen LogP) is 3.81. The first-order valence-electron chi connectivity index (χ1n) is 10.3. The molecule has 7 nitrogen and oxygen atoms in total. The van der Waals surface area contributed by atoms with Crippen LogP contribution in [0.1, 0.15) is 35.0 Å². The van der Waals surface area contributed by atoms with Gasteiger partial charge in [-0.15, -0.1) is 5.10 Å². The molecule has 0 unspecified atom stereocenters. The first-order valence-corrected chi connectivity index (χ1v) is 10.3. The van der Waals surface area contributed by atoms with Crippen molar-refractivity contribution in [3.63, 3.8) is 0 Å². The largest absolute Gasteiger partial charge is 0.473 e. The van der Waals surface area contributed by atoms with Crippen LogP contribution in [0.2, 0.25) is 0 Å². The summed E-state index contributed by atoms with van der Waals surface area (Å²) in [7, 11) is 2.04. The number of likely N-dealkylation sites (tertiary alicyclic amines) is 1. The van der Waals surface area contributed by atoms with Gasteiger partial charge in [-0.25, -0.2) is 4.98 Å². The molecule has 3 heterocycles. The molecule has 2 atom stereocenters. The summed E-state index contributed by atoms with van der Waals surface area (Å²) in [4.78, 5) is 6.58. The highest BCUT2D eigenvalue weighted by Crippen LogP contribution is 2.35. The SMILES string of the molecule is Cc1c([C@@H](N)Nc2nnc(C)c3cnc(O[C@H]4CCN(C)C4)cc23)cccc1C(F)(F)F. The lowest BCUT2D eigenvalue weighted by atomic mass is 10.00. The fourth-order valence-corrected chi connectivity index (χ4v) is 4.01. The number of likely N-dealkylation sites (N-methyl/N-ethyl adjacent to an activating group) is 1. The smallest absolute Gasteiger partial charge is 0.416 e. The van der Waals surface area contributed by atoms with E-state index in [1.165, 1.54) is 13.0 Å². The van der Waals surface area contributed by atoms with Gasteiger partial charge in [0.2, 0.25) is 5.88 Å². The number of alkyl halides is 3. The molecule has 3 aromatic rings. The second-order valence-corrected chi connectivity index (χ2v) is 8.13. The van der Waals surface area contributed by atoms with Gasteiger partial charge in [-0.2, -0.15) is 18.3 Å². The zero-order valence-electron chi connectivity index (χ0n) is 18.1. The fourth-order valence-electron chi connectivity index (χ4n) is 4.01. The van der Waals surface area contributed by atoms with Gasteiger partial charge in [0.15, 0.2) is 5.82 Å². The lowest BCUT2D eigenvalue weighted by molar-refractivity contribution is -0.138. The summed E-state index contributed by atoms with van der Waals surface area (Å²) in [5.74, 6) is 0.808. The Kier molecular flexibility index (Phi) is 5.91. The molecule has 1 aromatic carbocycles. The summed E-state index contributed by atoms with van der Waals surface area (Å²) in [5.41, 5.74) is 6.61. The number of fused-ring (bicyclic) bond motifs is 1. The Morgan fingerprint density at radius 3 is 2.69 bits per heavy atom. The fraction of sp³-hybridized carbons (Fsp3) is 0.409. The van der Waals surface area contributed by atoms with E-state index in [0.29, 0.717) is 28.3 Å². The molecule has 10 heteroatoms. The highest BCUT2D eigenvalue weighted by molar-refractivity contribution is 5.93. The number of nitrogens with one attached hydrogen (secondary N) is 1. The topological polar surface area (TPSA) is 89.2 Å². The van der Waals surface area contributed by atoms with E-state index in [0.717, 1.165) is 31.0 Å². The van der Waals surface area contributed by atoms with Crippen LogP contribution in [0.3, 0.4) is 0 Å². The molecule has 0 spiro atoms. The van der Waals surface area contributed by atoms with Crippen LogP contribution < -0.4 is 15.8 Å². The van der Waals surface area contributed by atoms with Crippen molar-refractivity contribution < 1.29 is 17.9 Å². The van der Waals surface area contributed by atoms with Crippen LogP contribution in [0, 0.1) is 13.8 Å². The van der Waals surface area contributed by atoms with Gasteiger partial charge in [-0.1, -0.05) is 12.1 Å². The molecule has 32 heavy (non-hydrogen) atoms. The zero-order valence-corrected chi connectivity index (χ0v) is 18.1. The van der Waals surface area contributed by atoms with Gasteiger partial charge >= 0.3 is 6.18 Å². The molecular weight excluding hydrogens is 421 g/mol. The average molecular weight is 446 g/mol. The second kappa shape index (κ2) is 8.51. The van der Waals surface area contributed by atoms with Crippen LogP contribution >= 0.6 is 0 Å². The maximum atomic E-state index is 13.3. The maximum absolute atomic E-state index is 13.3. The Morgan fingerprint density at radius 2 is 2.00 bits per heavy atom. The molecule has 0 saturated carbocycles. The highest BCUT2D eigenvalue weighted by atomic mass is 19.4. The van der Waals surface area contributed by atoms with Crippen molar-refractivity contribution in [2.24, 2.45) is 5.73 Å². The number of rotatable bonds is 5. The van der Waals surface area contributed by atoms with Crippen LogP contribution in [0.5, 0.6) is 5.88 Å². The first-order chi connectivity index (χ1) is 15.1. The number of hydrogen-bond acceptors (Lipinski definition) is 7. The monoisotopic (exact) mass is 446 g/mol. The minimum absolute atomic E-state index is 0.0484. The van der Waals surface area contributed by atoms with Gasteiger partial charge in [0.1, 0.15) is 12.3 Å². The lowest BCUT2D eigenvalue weighted by Crippen LogP contribution is -2.23. The summed E-state index contributed by atoms with van der Waals surface area (Å²) in [5, 5.41) is 12.8. The number of ether oxygens (including phenoxy) is 1. The van der Waals surface area contributed by atoms with Crippen molar-refractivity contribution in [1.29, 1.82) is 0 Å². The normalized spacial score (nSPS) is 18.2. The molecule has 1 aliphatic rings. The number of aryl methyl sites for hydroxylation is 1. The zero-order chi connectivity index (χ0) is 23.0. The van der Waals surface area contributed by atoms with E-state index < -0.39 is 17.9 Å². The van der Waals surface area contributed by atoms with Crippen molar-refractivity contribution in [1.82, 2.24) is 20.1 Å². The van der Waals surface area contributed by atoms with Crippen molar-refractivity contribution in [2.75, 3.05) is 25.5 Å². The van der Waals surface area contributed by atoms with Crippen LogP contribution in [-0.4, -0.2) is 46.3 Å². The van der Waals surface area contributed by atoms with E-state index >= 15 is 0 Å². The Balaban J connectivity index is 1.65. The summed E-state index contributed by atoms with van der Waals surface area (Å²) in [6, 6.07) is 5.73. The number of pyridine rings is 1. The van der Waals surface area contributed by atoms with E-state index in [9.17, 15) is 13.2 Å². The Morgan fingerprint density at radius 1 is 1.22 bits per heavy atom. The number of aromatic nitrogens is 3. The molecule has 3 N–H and O–H groups in total. The van der Waals surface area contributed by atoms with Gasteiger partial charge in [0.05, 0.1) is 11.3 Å². The summed E-state index contributed by atoms with van der Waals surface area (Å²) >= 11 is 0. The molecule has 0 amide bonds. The third-order valence-corrected chi connectivity index (χ3v) is 5.77. The van der Waals surface area contributed by atoms with Crippen LogP contribution in [0.25, 0.3) is 10.8 Å². The highest BCUT2D eigenvalue weighted by Gasteiger charge is 2.33. The molecule has 1 aliphatic heterocycles. The van der Waals surface area contributed by atoms with Gasteiger partial charge in [0, 0.05) is 36.1 Å². The van der Waals surface area contributed by atoms with E-state index in [1.54, 1.807) is 18.3 Å². The predicted molar refractivity (Wildman–Crippen MR) is 115 cm³/mol. The maximum Gasteiger partial charge on any atom is 0.416 e. The Hall–Kier alpha value is -2.98. The van der Waals surface area contributed by atoms with Crippen LogP contribution in [0.4, 0.5) is 19.0 Å². The molecule has 0 aliphatic carbocycles. The van der Waals surface area contributed by atoms with Crippen molar-refractivity contribution >= 4 is 16.6 Å². The third-order valence-electron chi connectivity index (χ3n) is 5.77. The van der Waals surface area contributed by atoms with Gasteiger partial charge < -0.3 is 20.7 Å². The standard InChI is InChI=1S/C22H25F3N6O/c1-12-15(5-4-6-18(12)22(23,24)25)20(26)28-21-16-9-19(32-14-7-8-31(3)11-14)27-10-17(16)13(2)29-30-21/h4-6,9-10,14,20H,7-8,11,26H2,1-3H3,(H,28,30)/t14-,20-/m0/s1. The Labute approximate surface area is 183 Å². The summed E-state index contributed by atoms with van der Waals surface area (Å²) < 4.78 is 45.9. The number of nitrogens with two attached hydrogens (primary N) is 1. The molecule has 1 fully saturated rings. The Bertz CT molecular complexity index is 1140. The van der Waals surface area contributed by atoms with Crippen molar-refractivity contribution in [3.8, 4) is 5.88 Å². The number of benzene rings is 1. The average Bonchev–Trinajstić information content (AvgIpc) is 3.14. The molecule has 4 rings (SSSR count). The molecule has 0 bridgehead atoms. The number of hydrogen-bond donors (Lipinski definition) is 2. The minimum Gasteiger partial charge on any atom is -0.473 e.